The molecule has 0 radical (unpaired) electrons. The van der Waals surface area contributed by atoms with Crippen molar-refractivity contribution in [3.63, 3.8) is 0 Å². The van der Waals surface area contributed by atoms with Crippen molar-refractivity contribution in [2.75, 3.05) is 5.06 Å². The molecule has 2 aliphatic rings. The first kappa shape index (κ1) is 16.7. The lowest BCUT2D eigenvalue weighted by Crippen LogP contribution is -2.48. The average Bonchev–Trinajstić information content (AvgIpc) is 2.97. The molecule has 0 spiro atoms. The normalized spacial score (nSPS) is 28.1. The van der Waals surface area contributed by atoms with Gasteiger partial charge in [0.15, 0.2) is 17.2 Å². The zero-order valence-corrected chi connectivity index (χ0v) is 15.1. The third kappa shape index (κ3) is 2.41. The number of carbonyl (C=O) groups is 2. The molecule has 1 aliphatic heterocycles. The summed E-state index contributed by atoms with van der Waals surface area (Å²) in [7, 11) is 0. The number of anilines is 1. The molecule has 3 atom stereocenters. The van der Waals surface area contributed by atoms with Crippen molar-refractivity contribution in [1.29, 1.82) is 0 Å². The van der Waals surface area contributed by atoms with Crippen LogP contribution in [0.15, 0.2) is 66.2 Å². The van der Waals surface area contributed by atoms with E-state index >= 15 is 0 Å². The van der Waals surface area contributed by atoms with Crippen LogP contribution in [-0.4, -0.2) is 17.2 Å². The SMILES string of the molecule is CC1=CC(=O)[C@@]2(C)ON(c3ccccc3)[C@@H](c3ccc(C)cc3)C2C1=O. The van der Waals surface area contributed by atoms with Crippen LogP contribution in [0.1, 0.15) is 31.0 Å². The van der Waals surface area contributed by atoms with E-state index in [-0.39, 0.29) is 17.6 Å². The standard InChI is InChI=1S/C22H21NO3/c1-14-9-11-16(12-10-14)20-19-21(25)15(2)13-18(24)22(19,3)26-23(20)17-7-5-4-6-8-17/h4-13,19-20H,1-3H3/t19?,20-,22+/m0/s1. The number of Topliss-reactive ketones (excluding diaryl/α,β-unsaturated/α-hetero) is 1. The van der Waals surface area contributed by atoms with Crippen LogP contribution in [0.4, 0.5) is 5.69 Å². The number of allylic oxidation sites excluding steroid dienone is 1. The summed E-state index contributed by atoms with van der Waals surface area (Å²) in [6.07, 6.45) is 1.42. The highest BCUT2D eigenvalue weighted by Gasteiger charge is 2.61. The fraction of sp³-hybridized carbons (Fsp3) is 0.273. The fourth-order valence-electron chi connectivity index (χ4n) is 3.88. The van der Waals surface area contributed by atoms with E-state index in [0.29, 0.717) is 5.57 Å². The molecular formula is C22H21NO3. The molecule has 2 aromatic carbocycles. The predicted molar refractivity (Wildman–Crippen MR) is 99.6 cm³/mol. The van der Waals surface area contributed by atoms with Gasteiger partial charge < -0.3 is 0 Å². The molecule has 1 aliphatic carbocycles. The lowest BCUT2D eigenvalue weighted by Gasteiger charge is -2.30. The van der Waals surface area contributed by atoms with Crippen LogP contribution in [-0.2, 0) is 14.4 Å². The van der Waals surface area contributed by atoms with Crippen LogP contribution >= 0.6 is 0 Å². The molecule has 1 fully saturated rings. The number of hydrogen-bond donors (Lipinski definition) is 0. The van der Waals surface area contributed by atoms with Crippen molar-refractivity contribution in [2.45, 2.75) is 32.4 Å². The molecule has 1 heterocycles. The number of para-hydroxylation sites is 1. The summed E-state index contributed by atoms with van der Waals surface area (Å²) >= 11 is 0. The predicted octanol–water partition coefficient (Wildman–Crippen LogP) is 3.96. The number of ketones is 2. The molecule has 132 valence electrons. The molecule has 4 nitrogen and oxygen atoms in total. The molecule has 26 heavy (non-hydrogen) atoms. The Balaban J connectivity index is 1.89. The molecule has 2 aromatic rings. The molecule has 0 aromatic heterocycles. The summed E-state index contributed by atoms with van der Waals surface area (Å²) in [6.45, 7) is 5.46. The van der Waals surface area contributed by atoms with Crippen molar-refractivity contribution in [1.82, 2.24) is 0 Å². The van der Waals surface area contributed by atoms with Crippen molar-refractivity contribution in [2.24, 2.45) is 5.92 Å². The Morgan fingerprint density at radius 3 is 2.27 bits per heavy atom. The van der Waals surface area contributed by atoms with Crippen molar-refractivity contribution < 1.29 is 14.4 Å². The maximum atomic E-state index is 13.1. The molecular weight excluding hydrogens is 326 g/mol. The Hall–Kier alpha value is -2.72. The van der Waals surface area contributed by atoms with Gasteiger partial charge in [-0.2, -0.15) is 0 Å². The van der Waals surface area contributed by atoms with Gasteiger partial charge >= 0.3 is 0 Å². The van der Waals surface area contributed by atoms with Crippen LogP contribution < -0.4 is 5.06 Å². The molecule has 4 heteroatoms. The third-order valence-electron chi connectivity index (χ3n) is 5.39. The summed E-state index contributed by atoms with van der Waals surface area (Å²) in [5, 5.41) is 1.73. The fourth-order valence-corrected chi connectivity index (χ4v) is 3.88. The Morgan fingerprint density at radius 2 is 1.62 bits per heavy atom. The van der Waals surface area contributed by atoms with E-state index < -0.39 is 11.5 Å². The minimum atomic E-state index is -1.19. The third-order valence-corrected chi connectivity index (χ3v) is 5.39. The van der Waals surface area contributed by atoms with Gasteiger partial charge in [0.25, 0.3) is 0 Å². The first-order chi connectivity index (χ1) is 12.4. The van der Waals surface area contributed by atoms with Crippen molar-refractivity contribution >= 4 is 17.3 Å². The van der Waals surface area contributed by atoms with Gasteiger partial charge in [0.05, 0.1) is 17.6 Å². The van der Waals surface area contributed by atoms with Crippen LogP contribution in [0.2, 0.25) is 0 Å². The topological polar surface area (TPSA) is 46.6 Å². The molecule has 1 saturated heterocycles. The lowest BCUT2D eigenvalue weighted by molar-refractivity contribution is -0.143. The smallest absolute Gasteiger partial charge is 0.191 e. The number of hydroxylamine groups is 1. The maximum absolute atomic E-state index is 13.1. The number of hydrogen-bond acceptors (Lipinski definition) is 4. The highest BCUT2D eigenvalue weighted by molar-refractivity contribution is 6.14. The van der Waals surface area contributed by atoms with E-state index in [0.717, 1.165) is 16.8 Å². The number of aryl methyl sites for hydroxylation is 1. The van der Waals surface area contributed by atoms with Crippen LogP contribution in [0.25, 0.3) is 0 Å². The van der Waals surface area contributed by atoms with Crippen LogP contribution in [0, 0.1) is 12.8 Å². The lowest BCUT2D eigenvalue weighted by atomic mass is 9.71. The summed E-state index contributed by atoms with van der Waals surface area (Å²) in [4.78, 5) is 32.0. The van der Waals surface area contributed by atoms with E-state index in [1.165, 1.54) is 6.08 Å². The Kier molecular flexibility index (Phi) is 3.81. The molecule has 1 unspecified atom stereocenters. The number of fused-ring (bicyclic) bond motifs is 1. The molecule has 4 rings (SSSR count). The summed E-state index contributed by atoms with van der Waals surface area (Å²) in [6, 6.07) is 17.3. The van der Waals surface area contributed by atoms with Gasteiger partial charge in [0, 0.05) is 0 Å². The second kappa shape index (κ2) is 5.92. The second-order valence-corrected chi connectivity index (χ2v) is 7.25. The minimum absolute atomic E-state index is 0.0314. The maximum Gasteiger partial charge on any atom is 0.191 e. The van der Waals surface area contributed by atoms with E-state index in [2.05, 4.69) is 0 Å². The van der Waals surface area contributed by atoms with Gasteiger partial charge in [0.1, 0.15) is 0 Å². The van der Waals surface area contributed by atoms with Crippen LogP contribution in [0.5, 0.6) is 0 Å². The Bertz CT molecular complexity index is 901. The molecule has 0 bridgehead atoms. The Morgan fingerprint density at radius 1 is 0.962 bits per heavy atom. The van der Waals surface area contributed by atoms with Gasteiger partial charge in [-0.05, 0) is 50.1 Å². The quantitative estimate of drug-likeness (QED) is 0.825. The molecule has 0 saturated carbocycles. The summed E-state index contributed by atoms with van der Waals surface area (Å²) < 4.78 is 0. The van der Waals surface area contributed by atoms with Gasteiger partial charge in [-0.15, -0.1) is 0 Å². The average molecular weight is 347 g/mol. The molecule has 0 N–H and O–H groups in total. The van der Waals surface area contributed by atoms with Crippen LogP contribution in [0.3, 0.4) is 0 Å². The number of nitrogens with zero attached hydrogens (tertiary/aromatic N) is 1. The largest absolute Gasteiger partial charge is 0.294 e. The highest BCUT2D eigenvalue weighted by Crippen LogP contribution is 2.50. The van der Waals surface area contributed by atoms with Crippen molar-refractivity contribution in [3.8, 4) is 0 Å². The van der Waals surface area contributed by atoms with Gasteiger partial charge in [-0.3, -0.25) is 14.4 Å². The van der Waals surface area contributed by atoms with E-state index in [1.54, 1.807) is 18.9 Å². The summed E-state index contributed by atoms with van der Waals surface area (Å²) in [5.74, 6) is -0.769. The number of carbonyl (C=O) groups excluding carboxylic acids is 2. The number of rotatable bonds is 2. The second-order valence-electron chi connectivity index (χ2n) is 7.25. The summed E-state index contributed by atoms with van der Waals surface area (Å²) in [5.41, 5.74) is 2.23. The van der Waals surface area contributed by atoms with E-state index in [1.807, 2.05) is 61.5 Å². The zero-order chi connectivity index (χ0) is 18.5. The zero-order valence-electron chi connectivity index (χ0n) is 15.1. The monoisotopic (exact) mass is 347 g/mol. The first-order valence-electron chi connectivity index (χ1n) is 8.79. The highest BCUT2D eigenvalue weighted by atomic mass is 16.7. The first-order valence-corrected chi connectivity index (χ1v) is 8.79. The van der Waals surface area contributed by atoms with Gasteiger partial charge in [-0.1, -0.05) is 48.0 Å². The van der Waals surface area contributed by atoms with E-state index in [9.17, 15) is 9.59 Å². The molecule has 0 amide bonds. The Labute approximate surface area is 153 Å². The van der Waals surface area contributed by atoms with Gasteiger partial charge in [-0.25, -0.2) is 5.06 Å². The minimum Gasteiger partial charge on any atom is -0.294 e. The van der Waals surface area contributed by atoms with E-state index in [4.69, 9.17) is 4.84 Å². The van der Waals surface area contributed by atoms with Crippen molar-refractivity contribution in [3.05, 3.63) is 77.4 Å². The van der Waals surface area contributed by atoms with Gasteiger partial charge in [0.2, 0.25) is 0 Å². The number of benzene rings is 2.